The van der Waals surface area contributed by atoms with Gasteiger partial charge in [0.2, 0.25) is 0 Å². The molecule has 2 rings (SSSR count). The van der Waals surface area contributed by atoms with E-state index in [0.29, 0.717) is 5.92 Å². The molecule has 0 aliphatic heterocycles. The second-order valence-corrected chi connectivity index (χ2v) is 6.28. The van der Waals surface area contributed by atoms with Crippen LogP contribution in [0.3, 0.4) is 0 Å². The van der Waals surface area contributed by atoms with E-state index in [1.165, 1.54) is 11.1 Å². The van der Waals surface area contributed by atoms with Crippen LogP contribution in [-0.4, -0.2) is 23.3 Å². The SMILES string of the molecule is Cc1cccc(-c2nnc(CCNCC(C)C)s2)c1. The third-order valence-electron chi connectivity index (χ3n) is 2.80. The van der Waals surface area contributed by atoms with Gasteiger partial charge in [-0.1, -0.05) is 48.9 Å². The molecule has 0 saturated carbocycles. The summed E-state index contributed by atoms with van der Waals surface area (Å²) in [4.78, 5) is 0. The van der Waals surface area contributed by atoms with Crippen LogP contribution in [0.1, 0.15) is 24.4 Å². The largest absolute Gasteiger partial charge is 0.316 e. The fourth-order valence-electron chi connectivity index (χ4n) is 1.84. The zero-order valence-corrected chi connectivity index (χ0v) is 12.6. The van der Waals surface area contributed by atoms with E-state index in [-0.39, 0.29) is 0 Å². The minimum absolute atomic E-state index is 0.692. The van der Waals surface area contributed by atoms with E-state index >= 15 is 0 Å². The Kier molecular flexibility index (Phi) is 5.05. The first kappa shape index (κ1) is 14.2. The van der Waals surface area contributed by atoms with Gasteiger partial charge in [0, 0.05) is 18.5 Å². The first-order valence-electron chi connectivity index (χ1n) is 6.75. The predicted octanol–water partition coefficient (Wildman–Crippen LogP) is 3.30. The van der Waals surface area contributed by atoms with E-state index in [1.807, 2.05) is 0 Å². The molecule has 1 aromatic carbocycles. The minimum Gasteiger partial charge on any atom is -0.316 e. The highest BCUT2D eigenvalue weighted by Gasteiger charge is 2.06. The maximum atomic E-state index is 4.28. The lowest BCUT2D eigenvalue weighted by molar-refractivity contribution is 0.553. The van der Waals surface area contributed by atoms with Crippen LogP contribution in [-0.2, 0) is 6.42 Å². The minimum atomic E-state index is 0.692. The molecule has 0 fully saturated rings. The van der Waals surface area contributed by atoms with Crippen LogP contribution < -0.4 is 5.32 Å². The fourth-order valence-corrected chi connectivity index (χ4v) is 2.67. The Morgan fingerprint density at radius 2 is 2.11 bits per heavy atom. The molecule has 0 radical (unpaired) electrons. The molecule has 4 heteroatoms. The molecule has 1 N–H and O–H groups in total. The standard InChI is InChI=1S/C15H21N3S/c1-11(2)10-16-8-7-14-17-18-15(19-14)13-6-4-5-12(3)9-13/h4-6,9,11,16H,7-8,10H2,1-3H3. The lowest BCUT2D eigenvalue weighted by atomic mass is 10.1. The Morgan fingerprint density at radius 1 is 1.26 bits per heavy atom. The second kappa shape index (κ2) is 6.78. The van der Waals surface area contributed by atoms with Crippen LogP contribution in [0.15, 0.2) is 24.3 Å². The van der Waals surface area contributed by atoms with E-state index in [1.54, 1.807) is 11.3 Å². The first-order chi connectivity index (χ1) is 9.15. The second-order valence-electron chi connectivity index (χ2n) is 5.22. The summed E-state index contributed by atoms with van der Waals surface area (Å²) in [6.45, 7) is 8.56. The number of aromatic nitrogens is 2. The van der Waals surface area contributed by atoms with Crippen molar-refractivity contribution in [3.63, 3.8) is 0 Å². The highest BCUT2D eigenvalue weighted by Crippen LogP contribution is 2.24. The normalized spacial score (nSPS) is 11.2. The Morgan fingerprint density at radius 3 is 2.84 bits per heavy atom. The lowest BCUT2D eigenvalue weighted by Gasteiger charge is -2.05. The molecule has 102 valence electrons. The molecule has 0 bridgehead atoms. The van der Waals surface area contributed by atoms with E-state index in [0.717, 1.165) is 29.5 Å². The van der Waals surface area contributed by atoms with Crippen molar-refractivity contribution in [2.24, 2.45) is 5.92 Å². The van der Waals surface area contributed by atoms with Gasteiger partial charge in [-0.25, -0.2) is 0 Å². The monoisotopic (exact) mass is 275 g/mol. The van der Waals surface area contributed by atoms with E-state index < -0.39 is 0 Å². The van der Waals surface area contributed by atoms with Crippen molar-refractivity contribution < 1.29 is 0 Å². The summed E-state index contributed by atoms with van der Waals surface area (Å²) in [7, 11) is 0. The zero-order chi connectivity index (χ0) is 13.7. The molecular formula is C15H21N3S. The van der Waals surface area contributed by atoms with Gasteiger partial charge in [0.05, 0.1) is 0 Å². The van der Waals surface area contributed by atoms with Crippen molar-refractivity contribution in [2.75, 3.05) is 13.1 Å². The molecule has 0 saturated heterocycles. The summed E-state index contributed by atoms with van der Waals surface area (Å²) < 4.78 is 0. The lowest BCUT2D eigenvalue weighted by Crippen LogP contribution is -2.22. The Hall–Kier alpha value is -1.26. The van der Waals surface area contributed by atoms with Crippen LogP contribution in [0.5, 0.6) is 0 Å². The molecule has 3 nitrogen and oxygen atoms in total. The molecule has 0 atom stereocenters. The summed E-state index contributed by atoms with van der Waals surface area (Å²) >= 11 is 1.69. The van der Waals surface area contributed by atoms with Crippen LogP contribution >= 0.6 is 11.3 Å². The van der Waals surface area contributed by atoms with Gasteiger partial charge in [-0.15, -0.1) is 10.2 Å². The summed E-state index contributed by atoms with van der Waals surface area (Å²) in [5.41, 5.74) is 2.42. The van der Waals surface area contributed by atoms with Gasteiger partial charge in [-0.2, -0.15) is 0 Å². The molecule has 2 aromatic rings. The molecular weight excluding hydrogens is 254 g/mol. The van der Waals surface area contributed by atoms with Crippen molar-refractivity contribution in [3.05, 3.63) is 34.8 Å². The van der Waals surface area contributed by atoms with Crippen molar-refractivity contribution in [3.8, 4) is 10.6 Å². The van der Waals surface area contributed by atoms with Crippen molar-refractivity contribution >= 4 is 11.3 Å². The van der Waals surface area contributed by atoms with Gasteiger partial charge in [0.25, 0.3) is 0 Å². The number of hydrogen-bond donors (Lipinski definition) is 1. The Balaban J connectivity index is 1.92. The average Bonchev–Trinajstić information content (AvgIpc) is 2.83. The smallest absolute Gasteiger partial charge is 0.147 e. The van der Waals surface area contributed by atoms with Crippen LogP contribution in [0.2, 0.25) is 0 Å². The highest BCUT2D eigenvalue weighted by atomic mass is 32.1. The van der Waals surface area contributed by atoms with E-state index in [2.05, 4.69) is 60.6 Å². The summed E-state index contributed by atoms with van der Waals surface area (Å²) in [5.74, 6) is 0.692. The number of benzene rings is 1. The molecule has 0 aliphatic carbocycles. The van der Waals surface area contributed by atoms with Crippen LogP contribution in [0.25, 0.3) is 10.6 Å². The molecule has 0 aliphatic rings. The average molecular weight is 275 g/mol. The third-order valence-corrected chi connectivity index (χ3v) is 3.83. The van der Waals surface area contributed by atoms with E-state index in [4.69, 9.17) is 0 Å². The Bertz CT molecular complexity index is 520. The first-order valence-corrected chi connectivity index (χ1v) is 7.57. The van der Waals surface area contributed by atoms with Crippen LogP contribution in [0.4, 0.5) is 0 Å². The van der Waals surface area contributed by atoms with Gasteiger partial charge in [-0.3, -0.25) is 0 Å². The molecule has 0 spiro atoms. The van der Waals surface area contributed by atoms with Gasteiger partial charge >= 0.3 is 0 Å². The maximum absolute atomic E-state index is 4.28. The zero-order valence-electron chi connectivity index (χ0n) is 11.8. The van der Waals surface area contributed by atoms with Gasteiger partial charge in [0.1, 0.15) is 10.0 Å². The highest BCUT2D eigenvalue weighted by molar-refractivity contribution is 7.14. The van der Waals surface area contributed by atoms with E-state index in [9.17, 15) is 0 Å². The summed E-state index contributed by atoms with van der Waals surface area (Å²) in [5, 5.41) is 14.1. The van der Waals surface area contributed by atoms with Crippen molar-refractivity contribution in [2.45, 2.75) is 27.2 Å². The van der Waals surface area contributed by atoms with Crippen molar-refractivity contribution in [1.29, 1.82) is 0 Å². The predicted molar refractivity (Wildman–Crippen MR) is 81.5 cm³/mol. The molecule has 1 aromatic heterocycles. The van der Waals surface area contributed by atoms with Gasteiger partial charge in [0.15, 0.2) is 0 Å². The summed E-state index contributed by atoms with van der Waals surface area (Å²) in [6, 6.07) is 8.41. The number of rotatable bonds is 6. The number of aryl methyl sites for hydroxylation is 1. The van der Waals surface area contributed by atoms with Gasteiger partial charge < -0.3 is 5.32 Å². The summed E-state index contributed by atoms with van der Waals surface area (Å²) in [6.07, 6.45) is 0.955. The van der Waals surface area contributed by atoms with Crippen molar-refractivity contribution in [1.82, 2.24) is 15.5 Å². The third kappa shape index (κ3) is 4.40. The number of nitrogens with zero attached hydrogens (tertiary/aromatic N) is 2. The molecule has 19 heavy (non-hydrogen) atoms. The molecule has 1 heterocycles. The van der Waals surface area contributed by atoms with Crippen LogP contribution in [0, 0.1) is 12.8 Å². The quantitative estimate of drug-likeness (QED) is 0.822. The molecule has 0 amide bonds. The number of nitrogens with one attached hydrogen (secondary N) is 1. The molecule has 0 unspecified atom stereocenters. The maximum Gasteiger partial charge on any atom is 0.147 e. The number of hydrogen-bond acceptors (Lipinski definition) is 4. The van der Waals surface area contributed by atoms with Gasteiger partial charge in [-0.05, 0) is 25.5 Å². The Labute approximate surface area is 119 Å². The topological polar surface area (TPSA) is 37.8 Å². The fraction of sp³-hybridized carbons (Fsp3) is 0.467.